The molecule has 0 atom stereocenters. The summed E-state index contributed by atoms with van der Waals surface area (Å²) in [6, 6.07) is 9.08. The zero-order valence-corrected chi connectivity index (χ0v) is 11.9. The summed E-state index contributed by atoms with van der Waals surface area (Å²) in [6.07, 6.45) is 0. The molecule has 0 amide bonds. The van der Waals surface area contributed by atoms with Crippen molar-refractivity contribution in [3.63, 3.8) is 0 Å². The van der Waals surface area contributed by atoms with Gasteiger partial charge in [0, 0.05) is 20.0 Å². The van der Waals surface area contributed by atoms with Crippen molar-refractivity contribution in [1.29, 1.82) is 0 Å². The standard InChI is InChI=1S/C12H9BrO2S2/c13-9-5-6-16-11(9)7-17-10-4-2-1-3-8(10)12(14)15/h1-6H,7H2,(H,14,15). The molecule has 2 rings (SSSR count). The van der Waals surface area contributed by atoms with Crippen LogP contribution in [0.2, 0.25) is 0 Å². The number of carbonyl (C=O) groups is 1. The summed E-state index contributed by atoms with van der Waals surface area (Å²) in [6.45, 7) is 0. The molecule has 0 fully saturated rings. The molecule has 88 valence electrons. The van der Waals surface area contributed by atoms with Gasteiger partial charge in [-0.2, -0.15) is 0 Å². The summed E-state index contributed by atoms with van der Waals surface area (Å²) < 4.78 is 1.09. The molecular formula is C12H9BrO2S2. The van der Waals surface area contributed by atoms with Crippen LogP contribution in [0.25, 0.3) is 0 Å². The molecule has 1 heterocycles. The van der Waals surface area contributed by atoms with Crippen molar-refractivity contribution in [2.24, 2.45) is 0 Å². The topological polar surface area (TPSA) is 37.3 Å². The van der Waals surface area contributed by atoms with E-state index in [1.807, 2.05) is 23.6 Å². The number of halogens is 1. The second-order valence-corrected chi connectivity index (χ2v) is 6.15. The Balaban J connectivity index is 2.14. The number of benzene rings is 1. The van der Waals surface area contributed by atoms with Gasteiger partial charge in [-0.05, 0) is 39.5 Å². The summed E-state index contributed by atoms with van der Waals surface area (Å²) in [5.41, 5.74) is 0.366. The number of hydrogen-bond acceptors (Lipinski definition) is 3. The molecule has 0 saturated carbocycles. The summed E-state index contributed by atoms with van der Waals surface area (Å²) >= 11 is 6.68. The van der Waals surface area contributed by atoms with Gasteiger partial charge in [0.05, 0.1) is 5.56 Å². The first-order valence-corrected chi connectivity index (χ1v) is 7.51. The van der Waals surface area contributed by atoms with Crippen LogP contribution in [-0.4, -0.2) is 11.1 Å². The molecule has 0 saturated heterocycles. The third-order valence-corrected chi connectivity index (χ3v) is 5.38. The second-order valence-electron chi connectivity index (χ2n) is 3.28. The maximum atomic E-state index is 11.0. The Kier molecular flexibility index (Phi) is 4.25. The van der Waals surface area contributed by atoms with Crippen LogP contribution in [0.1, 0.15) is 15.2 Å². The van der Waals surface area contributed by atoms with Crippen LogP contribution in [0.3, 0.4) is 0 Å². The Morgan fingerprint density at radius 2 is 2.12 bits per heavy atom. The Hall–Kier alpha value is -0.780. The summed E-state index contributed by atoms with van der Waals surface area (Å²) in [5.74, 6) is -0.0962. The normalized spacial score (nSPS) is 10.4. The number of aromatic carboxylic acids is 1. The monoisotopic (exact) mass is 328 g/mol. The van der Waals surface area contributed by atoms with E-state index in [9.17, 15) is 4.79 Å². The van der Waals surface area contributed by atoms with Crippen LogP contribution < -0.4 is 0 Å². The van der Waals surface area contributed by atoms with Gasteiger partial charge in [-0.15, -0.1) is 23.1 Å². The van der Waals surface area contributed by atoms with Crippen molar-refractivity contribution in [1.82, 2.24) is 0 Å². The smallest absolute Gasteiger partial charge is 0.336 e. The fourth-order valence-electron chi connectivity index (χ4n) is 1.34. The molecule has 2 aromatic rings. The average molecular weight is 329 g/mol. The molecule has 0 unspecified atom stereocenters. The average Bonchev–Trinajstić information content (AvgIpc) is 2.72. The van der Waals surface area contributed by atoms with Crippen molar-refractivity contribution >= 4 is 45.0 Å². The van der Waals surface area contributed by atoms with Gasteiger partial charge in [-0.1, -0.05) is 12.1 Å². The van der Waals surface area contributed by atoms with Crippen molar-refractivity contribution < 1.29 is 9.90 Å². The number of rotatable bonds is 4. The van der Waals surface area contributed by atoms with E-state index < -0.39 is 5.97 Å². The molecule has 0 aliphatic rings. The minimum atomic E-state index is -0.877. The van der Waals surface area contributed by atoms with Crippen LogP contribution in [0, 0.1) is 0 Å². The van der Waals surface area contributed by atoms with Gasteiger partial charge in [0.1, 0.15) is 0 Å². The highest BCUT2D eigenvalue weighted by atomic mass is 79.9. The lowest BCUT2D eigenvalue weighted by molar-refractivity contribution is 0.0693. The van der Waals surface area contributed by atoms with Gasteiger partial charge in [0.25, 0.3) is 0 Å². The van der Waals surface area contributed by atoms with E-state index in [4.69, 9.17) is 5.11 Å². The first kappa shape index (κ1) is 12.7. The SMILES string of the molecule is O=C(O)c1ccccc1SCc1sccc1Br. The molecule has 1 N–H and O–H groups in total. The fourth-order valence-corrected chi connectivity index (χ4v) is 4.18. The van der Waals surface area contributed by atoms with E-state index in [1.54, 1.807) is 35.2 Å². The van der Waals surface area contributed by atoms with Crippen molar-refractivity contribution in [2.75, 3.05) is 0 Å². The van der Waals surface area contributed by atoms with Crippen LogP contribution in [0.15, 0.2) is 45.1 Å². The van der Waals surface area contributed by atoms with E-state index in [-0.39, 0.29) is 0 Å². The molecule has 5 heteroatoms. The third kappa shape index (κ3) is 3.12. The summed E-state index contributed by atoms with van der Waals surface area (Å²) in [4.78, 5) is 13.1. The van der Waals surface area contributed by atoms with Gasteiger partial charge in [-0.25, -0.2) is 4.79 Å². The lowest BCUT2D eigenvalue weighted by Gasteiger charge is -2.04. The zero-order chi connectivity index (χ0) is 12.3. The summed E-state index contributed by atoms with van der Waals surface area (Å²) in [5, 5.41) is 11.1. The Labute approximate surface area is 116 Å². The first-order valence-electron chi connectivity index (χ1n) is 4.85. The van der Waals surface area contributed by atoms with Gasteiger partial charge < -0.3 is 5.11 Å². The highest BCUT2D eigenvalue weighted by molar-refractivity contribution is 9.10. The molecule has 2 nitrogen and oxygen atoms in total. The second kappa shape index (κ2) is 5.71. The maximum absolute atomic E-state index is 11.0. The van der Waals surface area contributed by atoms with Crippen LogP contribution in [-0.2, 0) is 5.75 Å². The number of hydrogen-bond donors (Lipinski definition) is 1. The number of thiophene rings is 1. The Morgan fingerprint density at radius 1 is 1.35 bits per heavy atom. The number of carboxylic acids is 1. The van der Waals surface area contributed by atoms with Crippen molar-refractivity contribution in [3.05, 3.63) is 50.6 Å². The predicted molar refractivity (Wildman–Crippen MR) is 75.0 cm³/mol. The lowest BCUT2D eigenvalue weighted by Crippen LogP contribution is -1.98. The number of thioether (sulfide) groups is 1. The molecule has 0 aliphatic heterocycles. The molecule has 17 heavy (non-hydrogen) atoms. The number of carboxylic acid groups (broad SMARTS) is 1. The first-order chi connectivity index (χ1) is 8.18. The van der Waals surface area contributed by atoms with E-state index in [1.165, 1.54) is 4.88 Å². The Bertz CT molecular complexity index is 537. The zero-order valence-electron chi connectivity index (χ0n) is 8.72. The molecule has 0 spiro atoms. The van der Waals surface area contributed by atoms with Crippen molar-refractivity contribution in [2.45, 2.75) is 10.6 Å². The Morgan fingerprint density at radius 3 is 2.76 bits per heavy atom. The molecule has 1 aromatic heterocycles. The minimum Gasteiger partial charge on any atom is -0.478 e. The minimum absolute atomic E-state index is 0.366. The van der Waals surface area contributed by atoms with E-state index in [0.29, 0.717) is 5.56 Å². The summed E-state index contributed by atoms with van der Waals surface area (Å²) in [7, 11) is 0. The molecule has 1 aromatic carbocycles. The van der Waals surface area contributed by atoms with Crippen LogP contribution in [0.4, 0.5) is 0 Å². The predicted octanol–water partition coefficient (Wildman–Crippen LogP) is 4.50. The molecule has 0 aliphatic carbocycles. The maximum Gasteiger partial charge on any atom is 0.336 e. The van der Waals surface area contributed by atoms with Crippen LogP contribution >= 0.6 is 39.0 Å². The van der Waals surface area contributed by atoms with Gasteiger partial charge >= 0.3 is 5.97 Å². The van der Waals surface area contributed by atoms with Gasteiger partial charge in [-0.3, -0.25) is 0 Å². The highest BCUT2D eigenvalue weighted by Crippen LogP contribution is 2.32. The van der Waals surface area contributed by atoms with Crippen molar-refractivity contribution in [3.8, 4) is 0 Å². The van der Waals surface area contributed by atoms with Gasteiger partial charge in [0.2, 0.25) is 0 Å². The largest absolute Gasteiger partial charge is 0.478 e. The van der Waals surface area contributed by atoms with Gasteiger partial charge in [0.15, 0.2) is 0 Å². The van der Waals surface area contributed by atoms with Crippen LogP contribution in [0.5, 0.6) is 0 Å². The fraction of sp³-hybridized carbons (Fsp3) is 0.0833. The molecule has 0 bridgehead atoms. The molecular weight excluding hydrogens is 320 g/mol. The quantitative estimate of drug-likeness (QED) is 0.839. The van der Waals surface area contributed by atoms with E-state index in [2.05, 4.69) is 15.9 Å². The lowest BCUT2D eigenvalue weighted by atomic mass is 10.2. The van der Waals surface area contributed by atoms with E-state index in [0.717, 1.165) is 15.1 Å². The van der Waals surface area contributed by atoms with E-state index >= 15 is 0 Å². The highest BCUT2D eigenvalue weighted by Gasteiger charge is 2.10. The third-order valence-electron chi connectivity index (χ3n) is 2.17. The molecule has 0 radical (unpaired) electrons.